The molecule has 3 nitrogen and oxygen atoms in total. The Morgan fingerprint density at radius 3 is 2.29 bits per heavy atom. The van der Waals surface area contributed by atoms with E-state index in [1.807, 2.05) is 0 Å². The Kier molecular flexibility index (Phi) is 9.35. The molecule has 0 heterocycles. The van der Waals surface area contributed by atoms with Crippen molar-refractivity contribution in [1.29, 1.82) is 0 Å². The predicted octanol–water partition coefficient (Wildman–Crippen LogP) is 1.74. The second-order valence-corrected chi connectivity index (χ2v) is 4.33. The van der Waals surface area contributed by atoms with Gasteiger partial charge in [0.25, 0.3) is 0 Å². The molecule has 0 saturated carbocycles. The van der Waals surface area contributed by atoms with Crippen LogP contribution in [0.2, 0.25) is 0 Å². The summed E-state index contributed by atoms with van der Waals surface area (Å²) in [6.07, 6.45) is 7.89. The van der Waals surface area contributed by atoms with Gasteiger partial charge in [0, 0.05) is 12.6 Å². The van der Waals surface area contributed by atoms with E-state index in [2.05, 4.69) is 31.3 Å². The first-order chi connectivity index (χ1) is 6.70. The van der Waals surface area contributed by atoms with Gasteiger partial charge in [-0.05, 0) is 20.5 Å². The summed E-state index contributed by atoms with van der Waals surface area (Å²) in [6.45, 7) is 3.28. The lowest BCUT2D eigenvalue weighted by molar-refractivity contribution is 0.322. The zero-order chi connectivity index (χ0) is 10.8. The number of hydrogen-bond acceptors (Lipinski definition) is 3. The summed E-state index contributed by atoms with van der Waals surface area (Å²) in [7, 11) is 4.17. The minimum absolute atomic E-state index is 0.451. The number of nitrogens with one attached hydrogen (secondary N) is 1. The molecule has 0 rings (SSSR count). The summed E-state index contributed by atoms with van der Waals surface area (Å²) in [4.78, 5) is 2.18. The number of hydrazine groups is 1. The number of nitrogens with zero attached hydrogens (tertiary/aromatic N) is 1. The molecule has 0 fully saturated rings. The van der Waals surface area contributed by atoms with Crippen molar-refractivity contribution in [3.8, 4) is 0 Å². The van der Waals surface area contributed by atoms with Gasteiger partial charge in [-0.3, -0.25) is 11.3 Å². The molecule has 0 aromatic carbocycles. The molecule has 0 aromatic heterocycles. The maximum atomic E-state index is 5.49. The quantitative estimate of drug-likeness (QED) is 0.339. The van der Waals surface area contributed by atoms with E-state index in [0.717, 1.165) is 6.54 Å². The molecule has 0 amide bonds. The van der Waals surface area contributed by atoms with Crippen LogP contribution in [0, 0.1) is 0 Å². The second-order valence-electron chi connectivity index (χ2n) is 4.33. The summed E-state index contributed by atoms with van der Waals surface area (Å²) in [5.41, 5.74) is 2.88. The monoisotopic (exact) mass is 201 g/mol. The van der Waals surface area contributed by atoms with Gasteiger partial charge in [-0.1, -0.05) is 39.0 Å². The molecule has 0 bridgehead atoms. The first kappa shape index (κ1) is 13.9. The lowest BCUT2D eigenvalue weighted by atomic mass is 10.1. The van der Waals surface area contributed by atoms with Crippen LogP contribution in [0.15, 0.2) is 0 Å². The Balaban J connectivity index is 3.33. The summed E-state index contributed by atoms with van der Waals surface area (Å²) in [5, 5.41) is 0. The maximum Gasteiger partial charge on any atom is 0.0337 e. The molecule has 0 aromatic rings. The predicted molar refractivity (Wildman–Crippen MR) is 63.0 cm³/mol. The molecule has 14 heavy (non-hydrogen) atoms. The van der Waals surface area contributed by atoms with Gasteiger partial charge >= 0.3 is 0 Å². The van der Waals surface area contributed by atoms with Gasteiger partial charge in [-0.2, -0.15) is 0 Å². The van der Waals surface area contributed by atoms with Crippen LogP contribution in [0.25, 0.3) is 0 Å². The van der Waals surface area contributed by atoms with Crippen molar-refractivity contribution in [2.45, 2.75) is 51.5 Å². The second kappa shape index (κ2) is 9.44. The van der Waals surface area contributed by atoms with E-state index in [-0.39, 0.29) is 0 Å². The summed E-state index contributed by atoms with van der Waals surface area (Å²) in [5.74, 6) is 5.49. The van der Waals surface area contributed by atoms with Crippen LogP contribution >= 0.6 is 0 Å². The molecule has 0 aliphatic rings. The molecule has 3 N–H and O–H groups in total. The lowest BCUT2D eigenvalue weighted by Gasteiger charge is -2.19. The Bertz CT molecular complexity index is 115. The molecule has 3 heteroatoms. The summed E-state index contributed by atoms with van der Waals surface area (Å²) < 4.78 is 0. The van der Waals surface area contributed by atoms with Crippen molar-refractivity contribution < 1.29 is 0 Å². The highest BCUT2D eigenvalue weighted by Gasteiger charge is 2.06. The largest absolute Gasteiger partial charge is 0.308 e. The molecule has 86 valence electrons. The van der Waals surface area contributed by atoms with Crippen LogP contribution in [-0.4, -0.2) is 31.6 Å². The third-order valence-corrected chi connectivity index (χ3v) is 2.48. The third kappa shape index (κ3) is 8.48. The molecule has 0 saturated heterocycles. The average Bonchev–Trinajstić information content (AvgIpc) is 2.15. The maximum absolute atomic E-state index is 5.49. The van der Waals surface area contributed by atoms with Crippen LogP contribution in [0.5, 0.6) is 0 Å². The lowest BCUT2D eigenvalue weighted by Crippen LogP contribution is -2.42. The first-order valence-electron chi connectivity index (χ1n) is 5.81. The highest BCUT2D eigenvalue weighted by molar-refractivity contribution is 4.66. The molecule has 1 atom stereocenters. The van der Waals surface area contributed by atoms with Gasteiger partial charge < -0.3 is 4.90 Å². The van der Waals surface area contributed by atoms with E-state index in [0.29, 0.717) is 6.04 Å². The molecule has 0 radical (unpaired) electrons. The standard InChI is InChI=1S/C11H27N3/c1-4-5-6-7-8-9-11(13-12)10-14(2)3/h11,13H,4-10,12H2,1-3H3. The summed E-state index contributed by atoms with van der Waals surface area (Å²) in [6, 6.07) is 0.451. The van der Waals surface area contributed by atoms with Gasteiger partial charge in [-0.25, -0.2) is 0 Å². The minimum Gasteiger partial charge on any atom is -0.308 e. The number of unbranched alkanes of at least 4 members (excludes halogenated alkanes) is 4. The SMILES string of the molecule is CCCCCCCC(CN(C)C)NN. The highest BCUT2D eigenvalue weighted by atomic mass is 15.3. The zero-order valence-electron chi connectivity index (χ0n) is 10.1. The highest BCUT2D eigenvalue weighted by Crippen LogP contribution is 2.07. The van der Waals surface area contributed by atoms with E-state index < -0.39 is 0 Å². The smallest absolute Gasteiger partial charge is 0.0337 e. The van der Waals surface area contributed by atoms with Crippen molar-refractivity contribution in [1.82, 2.24) is 10.3 Å². The van der Waals surface area contributed by atoms with Crippen LogP contribution in [0.4, 0.5) is 0 Å². The Morgan fingerprint density at radius 1 is 1.14 bits per heavy atom. The normalized spacial score (nSPS) is 13.5. The minimum atomic E-state index is 0.451. The Labute approximate surface area is 89.0 Å². The first-order valence-corrected chi connectivity index (χ1v) is 5.81. The van der Waals surface area contributed by atoms with Gasteiger partial charge in [0.1, 0.15) is 0 Å². The fraction of sp³-hybridized carbons (Fsp3) is 1.00. The van der Waals surface area contributed by atoms with E-state index in [9.17, 15) is 0 Å². The summed E-state index contributed by atoms with van der Waals surface area (Å²) >= 11 is 0. The van der Waals surface area contributed by atoms with Crippen molar-refractivity contribution >= 4 is 0 Å². The fourth-order valence-corrected chi connectivity index (χ4v) is 1.66. The van der Waals surface area contributed by atoms with Gasteiger partial charge in [0.05, 0.1) is 0 Å². The Hall–Kier alpha value is -0.120. The Morgan fingerprint density at radius 2 is 1.79 bits per heavy atom. The molecule has 0 spiro atoms. The molecule has 0 aliphatic heterocycles. The van der Waals surface area contributed by atoms with Crippen molar-refractivity contribution in [2.75, 3.05) is 20.6 Å². The average molecular weight is 201 g/mol. The van der Waals surface area contributed by atoms with E-state index in [1.165, 1.54) is 38.5 Å². The molecule has 1 unspecified atom stereocenters. The van der Waals surface area contributed by atoms with E-state index >= 15 is 0 Å². The topological polar surface area (TPSA) is 41.3 Å². The van der Waals surface area contributed by atoms with Crippen molar-refractivity contribution in [2.24, 2.45) is 5.84 Å². The van der Waals surface area contributed by atoms with Crippen LogP contribution in [0.3, 0.4) is 0 Å². The van der Waals surface area contributed by atoms with E-state index in [4.69, 9.17) is 5.84 Å². The molecular weight excluding hydrogens is 174 g/mol. The van der Waals surface area contributed by atoms with Crippen LogP contribution in [0.1, 0.15) is 45.4 Å². The third-order valence-electron chi connectivity index (χ3n) is 2.48. The van der Waals surface area contributed by atoms with Crippen molar-refractivity contribution in [3.63, 3.8) is 0 Å². The fourth-order valence-electron chi connectivity index (χ4n) is 1.66. The number of likely N-dealkylation sites (N-methyl/N-ethyl adjacent to an activating group) is 1. The zero-order valence-corrected chi connectivity index (χ0v) is 10.1. The molecular formula is C11H27N3. The van der Waals surface area contributed by atoms with Crippen LogP contribution < -0.4 is 11.3 Å². The number of hydrogen-bond donors (Lipinski definition) is 2. The van der Waals surface area contributed by atoms with Crippen molar-refractivity contribution in [3.05, 3.63) is 0 Å². The van der Waals surface area contributed by atoms with Crippen LogP contribution in [-0.2, 0) is 0 Å². The number of rotatable bonds is 9. The van der Waals surface area contributed by atoms with Gasteiger partial charge in [0.15, 0.2) is 0 Å². The number of nitrogens with two attached hydrogens (primary N) is 1. The van der Waals surface area contributed by atoms with Gasteiger partial charge in [0.2, 0.25) is 0 Å². The van der Waals surface area contributed by atoms with E-state index in [1.54, 1.807) is 0 Å². The molecule has 0 aliphatic carbocycles. The van der Waals surface area contributed by atoms with Gasteiger partial charge in [-0.15, -0.1) is 0 Å².